The Hall–Kier alpha value is -1.49. The van der Waals surface area contributed by atoms with Crippen LogP contribution >= 0.6 is 11.8 Å². The summed E-state index contributed by atoms with van der Waals surface area (Å²) in [7, 11) is 0. The lowest BCUT2D eigenvalue weighted by Crippen LogP contribution is -2.06. The van der Waals surface area contributed by atoms with E-state index in [1.54, 1.807) is 11.8 Å². The maximum atomic E-state index is 5.30. The van der Waals surface area contributed by atoms with Crippen molar-refractivity contribution < 1.29 is 4.52 Å². The van der Waals surface area contributed by atoms with Crippen molar-refractivity contribution in [3.05, 3.63) is 41.5 Å². The molecule has 1 aliphatic rings. The molecule has 0 aliphatic carbocycles. The number of aromatic nitrogens is 2. The highest BCUT2D eigenvalue weighted by atomic mass is 32.2. The molecule has 17 heavy (non-hydrogen) atoms. The van der Waals surface area contributed by atoms with Crippen LogP contribution < -0.4 is 5.32 Å². The van der Waals surface area contributed by atoms with Crippen LogP contribution in [0.5, 0.6) is 0 Å². The van der Waals surface area contributed by atoms with E-state index in [4.69, 9.17) is 4.52 Å². The van der Waals surface area contributed by atoms with Gasteiger partial charge in [-0.1, -0.05) is 23.4 Å². The summed E-state index contributed by atoms with van der Waals surface area (Å²) in [5.74, 6) is 2.25. The van der Waals surface area contributed by atoms with Crippen molar-refractivity contribution in [2.45, 2.75) is 18.2 Å². The molecule has 4 nitrogen and oxygen atoms in total. The maximum absolute atomic E-state index is 5.30. The highest BCUT2D eigenvalue weighted by Crippen LogP contribution is 2.33. The van der Waals surface area contributed by atoms with Crippen molar-refractivity contribution in [2.24, 2.45) is 0 Å². The van der Waals surface area contributed by atoms with Gasteiger partial charge in [0.2, 0.25) is 5.89 Å². The minimum atomic E-state index is 0.121. The summed E-state index contributed by atoms with van der Waals surface area (Å²) in [6, 6.07) is 8.41. The molecule has 0 saturated heterocycles. The Kier molecular flexibility index (Phi) is 2.76. The molecule has 1 unspecified atom stereocenters. The van der Waals surface area contributed by atoms with Gasteiger partial charge in [0.15, 0.2) is 5.82 Å². The highest BCUT2D eigenvalue weighted by Gasteiger charge is 2.26. The van der Waals surface area contributed by atoms with Crippen molar-refractivity contribution in [3.8, 4) is 0 Å². The van der Waals surface area contributed by atoms with Gasteiger partial charge in [-0.3, -0.25) is 0 Å². The van der Waals surface area contributed by atoms with E-state index >= 15 is 0 Å². The lowest BCUT2D eigenvalue weighted by Gasteiger charge is -2.04. The molecule has 0 fully saturated rings. The Morgan fingerprint density at radius 3 is 3.18 bits per heavy atom. The van der Waals surface area contributed by atoms with E-state index in [2.05, 4.69) is 33.7 Å². The minimum Gasteiger partial charge on any atom is -0.373 e. The number of nitrogens with one attached hydrogen (secondary N) is 1. The molecule has 5 heteroatoms. The monoisotopic (exact) mass is 247 g/mol. The normalized spacial score (nSPS) is 17.8. The first-order valence-corrected chi connectivity index (χ1v) is 6.92. The number of thioether (sulfide) groups is 1. The van der Waals surface area contributed by atoms with Crippen LogP contribution in [0.15, 0.2) is 28.8 Å². The number of fused-ring (bicyclic) bond motifs is 1. The third kappa shape index (κ3) is 2.02. The summed E-state index contributed by atoms with van der Waals surface area (Å²) in [6.45, 7) is 0. The van der Waals surface area contributed by atoms with Crippen LogP contribution in [0.2, 0.25) is 0 Å². The van der Waals surface area contributed by atoms with Crippen LogP contribution in [0.4, 0.5) is 5.69 Å². The van der Waals surface area contributed by atoms with Crippen molar-refractivity contribution in [3.63, 3.8) is 0 Å². The smallest absolute Gasteiger partial charge is 0.249 e. The number of hydrogen-bond donors (Lipinski definition) is 1. The fraction of sp³-hybridized carbons (Fsp3) is 0.333. The van der Waals surface area contributed by atoms with Gasteiger partial charge in [0, 0.05) is 12.1 Å². The molecule has 2 aromatic rings. The molecule has 88 valence electrons. The molecule has 1 aliphatic heterocycles. The summed E-state index contributed by atoms with van der Waals surface area (Å²) in [5.41, 5.74) is 2.48. The molecule has 0 saturated carbocycles. The van der Waals surface area contributed by atoms with Gasteiger partial charge in [0.25, 0.3) is 0 Å². The van der Waals surface area contributed by atoms with Crippen LogP contribution in [0.1, 0.15) is 23.3 Å². The lowest BCUT2D eigenvalue weighted by molar-refractivity contribution is 0.360. The number of nitrogens with zero attached hydrogens (tertiary/aromatic N) is 2. The lowest BCUT2D eigenvalue weighted by atomic mass is 10.1. The zero-order valence-corrected chi connectivity index (χ0v) is 10.3. The van der Waals surface area contributed by atoms with E-state index in [-0.39, 0.29) is 6.04 Å². The van der Waals surface area contributed by atoms with E-state index < -0.39 is 0 Å². The molecule has 1 aromatic carbocycles. The van der Waals surface area contributed by atoms with E-state index in [9.17, 15) is 0 Å². The van der Waals surface area contributed by atoms with Crippen molar-refractivity contribution in [2.75, 3.05) is 11.6 Å². The summed E-state index contributed by atoms with van der Waals surface area (Å²) in [5, 5.41) is 7.37. The molecule has 1 atom stereocenters. The van der Waals surface area contributed by atoms with Gasteiger partial charge in [-0.05, 0) is 17.9 Å². The predicted molar refractivity (Wildman–Crippen MR) is 68.0 cm³/mol. The Labute approximate surface area is 104 Å². The number of para-hydroxylation sites is 1. The SMILES string of the molecule is CSCc1noc(C2Cc3ccccc3N2)n1. The fourth-order valence-corrected chi connectivity index (χ4v) is 2.42. The number of hydrogen-bond acceptors (Lipinski definition) is 5. The fourth-order valence-electron chi connectivity index (χ4n) is 2.04. The molecular weight excluding hydrogens is 234 g/mol. The van der Waals surface area contributed by atoms with Crippen molar-refractivity contribution >= 4 is 17.4 Å². The Morgan fingerprint density at radius 1 is 1.47 bits per heavy atom. The molecule has 0 radical (unpaired) electrons. The zero-order chi connectivity index (χ0) is 11.7. The predicted octanol–water partition coefficient (Wildman–Crippen LogP) is 2.64. The summed E-state index contributed by atoms with van der Waals surface area (Å²) in [6.07, 6.45) is 2.94. The number of rotatable bonds is 3. The summed E-state index contributed by atoms with van der Waals surface area (Å²) >= 11 is 1.69. The standard InChI is InChI=1S/C12H13N3OS/c1-17-7-11-14-12(16-15-11)10-6-8-4-2-3-5-9(8)13-10/h2-5,10,13H,6-7H2,1H3. The van der Waals surface area contributed by atoms with Gasteiger partial charge in [-0.2, -0.15) is 16.7 Å². The van der Waals surface area contributed by atoms with Crippen molar-refractivity contribution in [1.82, 2.24) is 10.1 Å². The first-order valence-electron chi connectivity index (χ1n) is 5.52. The molecule has 3 rings (SSSR count). The molecule has 0 bridgehead atoms. The highest BCUT2D eigenvalue weighted by molar-refractivity contribution is 7.97. The largest absolute Gasteiger partial charge is 0.373 e. The minimum absolute atomic E-state index is 0.121. The molecule has 1 aromatic heterocycles. The third-order valence-electron chi connectivity index (χ3n) is 2.83. The first-order chi connectivity index (χ1) is 8.36. The molecule has 0 spiro atoms. The second-order valence-electron chi connectivity index (χ2n) is 4.04. The van der Waals surface area contributed by atoms with Gasteiger partial charge >= 0.3 is 0 Å². The van der Waals surface area contributed by atoms with E-state index in [0.29, 0.717) is 5.89 Å². The average Bonchev–Trinajstić information content (AvgIpc) is 2.94. The number of benzene rings is 1. The van der Waals surface area contributed by atoms with Crippen LogP contribution in [-0.2, 0) is 12.2 Å². The second-order valence-corrected chi connectivity index (χ2v) is 4.91. The van der Waals surface area contributed by atoms with Gasteiger partial charge in [-0.25, -0.2) is 0 Å². The third-order valence-corrected chi connectivity index (χ3v) is 3.37. The molecular formula is C12H13N3OS. The van der Waals surface area contributed by atoms with Crippen LogP contribution in [0.3, 0.4) is 0 Å². The maximum Gasteiger partial charge on any atom is 0.249 e. The van der Waals surface area contributed by atoms with Gasteiger partial charge in [0.1, 0.15) is 6.04 Å². The summed E-state index contributed by atoms with van der Waals surface area (Å²) < 4.78 is 5.30. The van der Waals surface area contributed by atoms with Crippen LogP contribution in [-0.4, -0.2) is 16.4 Å². The van der Waals surface area contributed by atoms with Crippen molar-refractivity contribution in [1.29, 1.82) is 0 Å². The van der Waals surface area contributed by atoms with Crippen LogP contribution in [0.25, 0.3) is 0 Å². The first kappa shape index (κ1) is 10.7. The van der Waals surface area contributed by atoms with Gasteiger partial charge in [0.05, 0.1) is 5.75 Å². The number of anilines is 1. The topological polar surface area (TPSA) is 51.0 Å². The summed E-state index contributed by atoms with van der Waals surface area (Å²) in [4.78, 5) is 4.40. The molecule has 0 amide bonds. The van der Waals surface area contributed by atoms with E-state index in [1.165, 1.54) is 11.3 Å². The van der Waals surface area contributed by atoms with E-state index in [1.807, 2.05) is 12.3 Å². The molecule has 2 heterocycles. The average molecular weight is 247 g/mol. The molecule has 1 N–H and O–H groups in total. The van der Waals surface area contributed by atoms with Gasteiger partial charge in [-0.15, -0.1) is 0 Å². The Morgan fingerprint density at radius 2 is 2.35 bits per heavy atom. The van der Waals surface area contributed by atoms with Crippen LogP contribution in [0, 0.1) is 0 Å². The quantitative estimate of drug-likeness (QED) is 0.903. The van der Waals surface area contributed by atoms with E-state index in [0.717, 1.165) is 18.0 Å². The Bertz CT molecular complexity index is 501. The second kappa shape index (κ2) is 4.41. The van der Waals surface area contributed by atoms with Gasteiger partial charge < -0.3 is 9.84 Å². The Balaban J connectivity index is 1.79. The zero-order valence-electron chi connectivity index (χ0n) is 9.51.